The van der Waals surface area contributed by atoms with Gasteiger partial charge in [-0.3, -0.25) is 21.1 Å². The number of aliphatic hydroxyl groups excluding tert-OH is 1. The number of aliphatic hydroxyl groups is 1. The van der Waals surface area contributed by atoms with Crippen LogP contribution in [-0.4, -0.2) is 66.1 Å². The van der Waals surface area contributed by atoms with Gasteiger partial charge in [-0.15, -0.1) is 0 Å². The second-order valence-electron chi connectivity index (χ2n) is 4.74. The standard InChI is InChI=1S/C11H18N8O/c12-19(3-7-8(4-20)14-2-1-13-7)11-9-10(16-5-15-9)17-6-18-11/h1-2,6-7,9,11,13,15,20H,3-5,12H2,(H,16,17,18). The first-order chi connectivity index (χ1) is 9.79. The third-order valence-electron chi connectivity index (χ3n) is 3.52. The van der Waals surface area contributed by atoms with Gasteiger partial charge in [0.05, 0.1) is 31.4 Å². The molecule has 0 spiro atoms. The molecule has 3 aliphatic rings. The molecule has 9 nitrogen and oxygen atoms in total. The number of aliphatic imine (C=N–C) groups is 3. The maximum atomic E-state index is 9.30. The molecule has 0 saturated heterocycles. The molecule has 9 heteroatoms. The van der Waals surface area contributed by atoms with Crippen LogP contribution in [0.5, 0.6) is 0 Å². The largest absolute Gasteiger partial charge is 0.390 e. The van der Waals surface area contributed by atoms with Crippen molar-refractivity contribution < 1.29 is 5.11 Å². The minimum atomic E-state index is -0.138. The Kier molecular flexibility index (Phi) is 3.74. The highest BCUT2D eigenvalue weighted by molar-refractivity contribution is 5.97. The normalized spacial score (nSPS) is 31.4. The Morgan fingerprint density at radius 2 is 2.35 bits per heavy atom. The molecule has 0 fully saturated rings. The van der Waals surface area contributed by atoms with Crippen LogP contribution in [0.2, 0.25) is 0 Å². The fourth-order valence-electron chi connectivity index (χ4n) is 2.46. The van der Waals surface area contributed by atoms with Crippen molar-refractivity contribution >= 4 is 17.9 Å². The van der Waals surface area contributed by atoms with E-state index in [0.717, 1.165) is 5.84 Å². The van der Waals surface area contributed by atoms with E-state index in [1.165, 1.54) is 0 Å². The van der Waals surface area contributed by atoms with Crippen molar-refractivity contribution in [3.8, 4) is 0 Å². The van der Waals surface area contributed by atoms with E-state index in [1.54, 1.807) is 23.7 Å². The Morgan fingerprint density at radius 1 is 1.45 bits per heavy atom. The van der Waals surface area contributed by atoms with Gasteiger partial charge in [0.15, 0.2) is 0 Å². The summed E-state index contributed by atoms with van der Waals surface area (Å²) >= 11 is 0. The first kappa shape index (κ1) is 13.2. The second kappa shape index (κ2) is 5.67. The first-order valence-corrected chi connectivity index (χ1v) is 6.46. The zero-order valence-corrected chi connectivity index (χ0v) is 10.9. The summed E-state index contributed by atoms with van der Waals surface area (Å²) in [5, 5.41) is 20.5. The zero-order chi connectivity index (χ0) is 13.9. The van der Waals surface area contributed by atoms with Gasteiger partial charge in [-0.2, -0.15) is 0 Å². The number of hydrazine groups is 1. The van der Waals surface area contributed by atoms with Gasteiger partial charge in [-0.1, -0.05) is 0 Å². The molecule has 20 heavy (non-hydrogen) atoms. The van der Waals surface area contributed by atoms with E-state index in [4.69, 9.17) is 5.84 Å². The molecule has 3 atom stereocenters. The number of nitrogens with two attached hydrogens (primary N) is 1. The van der Waals surface area contributed by atoms with Gasteiger partial charge in [0.1, 0.15) is 18.0 Å². The summed E-state index contributed by atoms with van der Waals surface area (Å²) in [6.45, 7) is 0.960. The quantitative estimate of drug-likeness (QED) is 0.282. The summed E-state index contributed by atoms with van der Waals surface area (Å²) in [4.78, 5) is 12.6. The van der Waals surface area contributed by atoms with Gasteiger partial charge in [-0.25, -0.2) is 10.0 Å². The number of rotatable bonds is 4. The Bertz CT molecular complexity index is 485. The van der Waals surface area contributed by atoms with Gasteiger partial charge < -0.3 is 15.7 Å². The van der Waals surface area contributed by atoms with Crippen molar-refractivity contribution in [1.29, 1.82) is 0 Å². The van der Waals surface area contributed by atoms with E-state index in [1.807, 2.05) is 0 Å². The third-order valence-corrected chi connectivity index (χ3v) is 3.52. The Balaban J connectivity index is 1.66. The molecule has 0 bridgehead atoms. The van der Waals surface area contributed by atoms with Crippen LogP contribution < -0.4 is 21.8 Å². The first-order valence-electron chi connectivity index (χ1n) is 6.46. The Hall–Kier alpha value is -1.81. The van der Waals surface area contributed by atoms with Crippen LogP contribution in [0.1, 0.15) is 0 Å². The van der Waals surface area contributed by atoms with E-state index < -0.39 is 0 Å². The molecule has 0 saturated carbocycles. The van der Waals surface area contributed by atoms with Crippen LogP contribution >= 0.6 is 0 Å². The van der Waals surface area contributed by atoms with Gasteiger partial charge in [0.25, 0.3) is 0 Å². The maximum Gasteiger partial charge on any atom is 0.147 e. The molecular formula is C11H18N8O. The average Bonchev–Trinajstić information content (AvgIpc) is 2.96. The maximum absolute atomic E-state index is 9.30. The highest BCUT2D eigenvalue weighted by atomic mass is 16.3. The molecule has 108 valence electrons. The van der Waals surface area contributed by atoms with Crippen molar-refractivity contribution in [2.24, 2.45) is 20.8 Å². The SMILES string of the molecule is NN(CC1NC=CN=C1CO)C1NC=NC2=NCNC21. The van der Waals surface area contributed by atoms with E-state index in [2.05, 4.69) is 30.9 Å². The molecule has 0 aliphatic carbocycles. The number of nitrogens with one attached hydrogen (secondary N) is 3. The molecule has 0 amide bonds. The predicted molar refractivity (Wildman–Crippen MR) is 76.1 cm³/mol. The van der Waals surface area contributed by atoms with Gasteiger partial charge in [0, 0.05) is 18.9 Å². The van der Waals surface area contributed by atoms with Crippen LogP contribution in [0, 0.1) is 0 Å². The summed E-state index contributed by atoms with van der Waals surface area (Å²) in [5.74, 6) is 6.93. The number of hydrogen-bond acceptors (Lipinski definition) is 9. The summed E-state index contributed by atoms with van der Waals surface area (Å²) in [7, 11) is 0. The molecule has 3 aliphatic heterocycles. The number of hydrogen-bond donors (Lipinski definition) is 5. The second-order valence-corrected chi connectivity index (χ2v) is 4.74. The molecule has 0 aromatic rings. The molecule has 3 unspecified atom stereocenters. The Labute approximate surface area is 116 Å². The van der Waals surface area contributed by atoms with E-state index in [0.29, 0.717) is 18.9 Å². The van der Waals surface area contributed by atoms with E-state index >= 15 is 0 Å². The number of nitrogens with zero attached hydrogens (tertiary/aromatic N) is 4. The molecule has 0 aromatic carbocycles. The fraction of sp³-hybridized carbons (Fsp3) is 0.545. The zero-order valence-electron chi connectivity index (χ0n) is 10.9. The van der Waals surface area contributed by atoms with Gasteiger partial charge in [0.2, 0.25) is 0 Å². The van der Waals surface area contributed by atoms with Crippen molar-refractivity contribution in [3.63, 3.8) is 0 Å². The van der Waals surface area contributed by atoms with Gasteiger partial charge >= 0.3 is 0 Å². The highest BCUT2D eigenvalue weighted by Gasteiger charge is 2.35. The lowest BCUT2D eigenvalue weighted by Gasteiger charge is -2.36. The number of amidine groups is 1. The third kappa shape index (κ3) is 2.43. The minimum Gasteiger partial charge on any atom is -0.390 e. The van der Waals surface area contributed by atoms with Crippen LogP contribution in [0.25, 0.3) is 0 Å². The van der Waals surface area contributed by atoms with E-state index in [9.17, 15) is 5.11 Å². The lowest BCUT2D eigenvalue weighted by atomic mass is 10.1. The molecule has 3 rings (SSSR count). The fourth-order valence-corrected chi connectivity index (χ4v) is 2.46. The summed E-state index contributed by atoms with van der Waals surface area (Å²) in [6.07, 6.45) is 4.84. The van der Waals surface area contributed by atoms with Crippen LogP contribution in [0.15, 0.2) is 27.4 Å². The minimum absolute atomic E-state index is 0.0290. The molecule has 0 aromatic heterocycles. The van der Waals surface area contributed by atoms with Gasteiger partial charge in [-0.05, 0) is 0 Å². The summed E-state index contributed by atoms with van der Waals surface area (Å²) < 4.78 is 0. The highest BCUT2D eigenvalue weighted by Crippen LogP contribution is 2.10. The number of fused-ring (bicyclic) bond motifs is 1. The topological polar surface area (TPSA) is 123 Å². The molecular weight excluding hydrogens is 260 g/mol. The predicted octanol–water partition coefficient (Wildman–Crippen LogP) is -2.68. The average molecular weight is 278 g/mol. The Morgan fingerprint density at radius 3 is 3.20 bits per heavy atom. The van der Waals surface area contributed by atoms with Crippen LogP contribution in [-0.2, 0) is 0 Å². The van der Waals surface area contributed by atoms with E-state index in [-0.39, 0.29) is 24.9 Å². The lowest BCUT2D eigenvalue weighted by Crippen LogP contribution is -2.65. The molecule has 3 heterocycles. The van der Waals surface area contributed by atoms with Crippen LogP contribution in [0.3, 0.4) is 0 Å². The van der Waals surface area contributed by atoms with Crippen molar-refractivity contribution in [1.82, 2.24) is 21.0 Å². The monoisotopic (exact) mass is 278 g/mol. The smallest absolute Gasteiger partial charge is 0.147 e. The summed E-state index contributed by atoms with van der Waals surface area (Å²) in [6, 6.07) is -0.142. The molecule has 6 N–H and O–H groups in total. The van der Waals surface area contributed by atoms with Crippen molar-refractivity contribution in [3.05, 3.63) is 12.4 Å². The summed E-state index contributed by atoms with van der Waals surface area (Å²) in [5.41, 5.74) is 0.667. The lowest BCUT2D eigenvalue weighted by molar-refractivity contribution is 0.162. The molecule has 0 radical (unpaired) electrons. The van der Waals surface area contributed by atoms with Crippen molar-refractivity contribution in [2.75, 3.05) is 19.8 Å². The van der Waals surface area contributed by atoms with Crippen LogP contribution in [0.4, 0.5) is 0 Å². The van der Waals surface area contributed by atoms with Crippen molar-refractivity contribution in [2.45, 2.75) is 18.2 Å².